The lowest BCUT2D eigenvalue weighted by molar-refractivity contribution is 0.174. The van der Waals surface area contributed by atoms with Crippen LogP contribution in [0, 0.1) is 0 Å². The molecule has 1 aliphatic rings. The van der Waals surface area contributed by atoms with E-state index in [9.17, 15) is 0 Å². The number of halogens is 1. The lowest BCUT2D eigenvalue weighted by Gasteiger charge is -2.05. The van der Waals surface area contributed by atoms with Crippen molar-refractivity contribution in [3.05, 3.63) is 59.2 Å². The number of hydrogen-bond acceptors (Lipinski definition) is 5. The minimum atomic E-state index is 0.214. The van der Waals surface area contributed by atoms with Gasteiger partial charge in [0.1, 0.15) is 0 Å². The van der Waals surface area contributed by atoms with Gasteiger partial charge in [-0.15, -0.1) is 0 Å². The summed E-state index contributed by atoms with van der Waals surface area (Å²) < 4.78 is 10.6. The topological polar surface area (TPSA) is 55.7 Å². The number of fused-ring (bicyclic) bond motifs is 2. The lowest BCUT2D eigenvalue weighted by atomic mass is 10.2. The molecule has 0 saturated carbocycles. The molecule has 6 heteroatoms. The third kappa shape index (κ3) is 2.66. The number of pyridine rings is 1. The van der Waals surface area contributed by atoms with E-state index in [4.69, 9.17) is 21.1 Å². The molecule has 114 valence electrons. The van der Waals surface area contributed by atoms with Crippen LogP contribution in [0.15, 0.2) is 53.8 Å². The molecule has 23 heavy (non-hydrogen) atoms. The van der Waals surface area contributed by atoms with Gasteiger partial charge < -0.3 is 9.47 Å². The molecule has 4 rings (SSSR count). The van der Waals surface area contributed by atoms with Crippen molar-refractivity contribution in [2.24, 2.45) is 5.10 Å². The highest BCUT2D eigenvalue weighted by Gasteiger charge is 2.15. The number of anilines is 1. The van der Waals surface area contributed by atoms with Gasteiger partial charge in [0.2, 0.25) is 6.79 Å². The molecule has 1 aliphatic heterocycles. The Bertz CT molecular complexity index is 906. The first kappa shape index (κ1) is 13.8. The third-order valence-electron chi connectivity index (χ3n) is 3.51. The van der Waals surface area contributed by atoms with Crippen LogP contribution in [0.25, 0.3) is 10.9 Å². The second-order valence-electron chi connectivity index (χ2n) is 4.98. The standard InChI is InChI=1S/C17H12ClN3O2/c18-13-8-16-15(22-10-23-16)7-12(13)9-20-21-14-5-1-3-11-4-2-6-19-17(11)14/h1-9,21H,10H2/b20-9+. The second kappa shape index (κ2) is 5.78. The van der Waals surface area contributed by atoms with Gasteiger partial charge in [0, 0.05) is 23.2 Å². The predicted octanol–water partition coefficient (Wildman–Crippen LogP) is 4.06. The van der Waals surface area contributed by atoms with Crippen molar-refractivity contribution >= 4 is 34.4 Å². The van der Waals surface area contributed by atoms with Crippen molar-refractivity contribution in [3.63, 3.8) is 0 Å². The van der Waals surface area contributed by atoms with Gasteiger partial charge in [-0.25, -0.2) is 0 Å². The van der Waals surface area contributed by atoms with E-state index in [1.807, 2.05) is 30.3 Å². The fourth-order valence-corrected chi connectivity index (χ4v) is 2.60. The number of rotatable bonds is 3. The minimum Gasteiger partial charge on any atom is -0.454 e. The monoisotopic (exact) mass is 325 g/mol. The number of para-hydroxylation sites is 1. The molecule has 0 saturated heterocycles. The summed E-state index contributed by atoms with van der Waals surface area (Å²) in [7, 11) is 0. The molecular weight excluding hydrogens is 314 g/mol. The Morgan fingerprint density at radius 1 is 1.13 bits per heavy atom. The largest absolute Gasteiger partial charge is 0.454 e. The first-order valence-corrected chi connectivity index (χ1v) is 7.41. The molecule has 0 fully saturated rings. The zero-order valence-electron chi connectivity index (χ0n) is 12.0. The molecular formula is C17H12ClN3O2. The average molecular weight is 326 g/mol. The number of hydrazone groups is 1. The summed E-state index contributed by atoms with van der Waals surface area (Å²) in [6, 6.07) is 13.3. The van der Waals surface area contributed by atoms with Crippen molar-refractivity contribution in [3.8, 4) is 11.5 Å². The molecule has 0 unspecified atom stereocenters. The second-order valence-corrected chi connectivity index (χ2v) is 5.38. The van der Waals surface area contributed by atoms with E-state index in [0.29, 0.717) is 16.5 Å². The van der Waals surface area contributed by atoms with E-state index < -0.39 is 0 Å². The SMILES string of the molecule is Clc1cc2c(cc1/C=N/Nc1cccc3cccnc13)OCO2. The quantitative estimate of drug-likeness (QED) is 0.582. The summed E-state index contributed by atoms with van der Waals surface area (Å²) in [6.45, 7) is 0.214. The number of aromatic nitrogens is 1. The first-order valence-electron chi connectivity index (χ1n) is 7.03. The van der Waals surface area contributed by atoms with Gasteiger partial charge in [-0.1, -0.05) is 29.8 Å². The molecule has 1 N–H and O–H groups in total. The highest BCUT2D eigenvalue weighted by Crippen LogP contribution is 2.36. The van der Waals surface area contributed by atoms with Crippen LogP contribution in [0.2, 0.25) is 5.02 Å². The fourth-order valence-electron chi connectivity index (χ4n) is 2.40. The Kier molecular flexibility index (Phi) is 3.48. The van der Waals surface area contributed by atoms with Gasteiger partial charge in [-0.3, -0.25) is 10.4 Å². The number of benzene rings is 2. The molecule has 0 amide bonds. The van der Waals surface area contributed by atoms with Crippen LogP contribution in [0.1, 0.15) is 5.56 Å². The zero-order chi connectivity index (χ0) is 15.6. The minimum absolute atomic E-state index is 0.214. The average Bonchev–Trinajstić information content (AvgIpc) is 3.02. The summed E-state index contributed by atoms with van der Waals surface area (Å²) in [6.07, 6.45) is 3.40. The van der Waals surface area contributed by atoms with Gasteiger partial charge in [0.15, 0.2) is 11.5 Å². The van der Waals surface area contributed by atoms with Crippen molar-refractivity contribution in [1.29, 1.82) is 0 Å². The third-order valence-corrected chi connectivity index (χ3v) is 3.84. The van der Waals surface area contributed by atoms with Crippen LogP contribution in [0.4, 0.5) is 5.69 Å². The summed E-state index contributed by atoms with van der Waals surface area (Å²) in [5, 5.41) is 5.85. The maximum Gasteiger partial charge on any atom is 0.231 e. The van der Waals surface area contributed by atoms with E-state index in [1.165, 1.54) is 0 Å². The molecule has 1 aromatic heterocycles. The van der Waals surface area contributed by atoms with E-state index in [-0.39, 0.29) is 6.79 Å². The Labute approximate surface area is 137 Å². The van der Waals surface area contributed by atoms with E-state index >= 15 is 0 Å². The van der Waals surface area contributed by atoms with Gasteiger partial charge in [0.05, 0.1) is 22.4 Å². The van der Waals surface area contributed by atoms with E-state index in [1.54, 1.807) is 24.5 Å². The summed E-state index contributed by atoms with van der Waals surface area (Å²) in [5.74, 6) is 1.32. The molecule has 0 radical (unpaired) electrons. The van der Waals surface area contributed by atoms with Crippen LogP contribution < -0.4 is 14.9 Å². The number of nitrogens with one attached hydrogen (secondary N) is 1. The van der Waals surface area contributed by atoms with Crippen LogP contribution in [0.3, 0.4) is 0 Å². The zero-order valence-corrected chi connectivity index (χ0v) is 12.7. The Morgan fingerprint density at radius 3 is 2.87 bits per heavy atom. The van der Waals surface area contributed by atoms with Gasteiger partial charge in [0.25, 0.3) is 0 Å². The van der Waals surface area contributed by atoms with Gasteiger partial charge in [-0.2, -0.15) is 5.10 Å². The molecule has 5 nitrogen and oxygen atoms in total. The number of ether oxygens (including phenoxy) is 2. The summed E-state index contributed by atoms with van der Waals surface area (Å²) >= 11 is 6.22. The van der Waals surface area contributed by atoms with E-state index in [2.05, 4.69) is 15.5 Å². The number of hydrogen-bond donors (Lipinski definition) is 1. The smallest absolute Gasteiger partial charge is 0.231 e. The lowest BCUT2D eigenvalue weighted by Crippen LogP contribution is -1.94. The Balaban J connectivity index is 1.60. The maximum absolute atomic E-state index is 6.22. The predicted molar refractivity (Wildman–Crippen MR) is 90.5 cm³/mol. The van der Waals surface area contributed by atoms with Crippen LogP contribution >= 0.6 is 11.6 Å². The van der Waals surface area contributed by atoms with Crippen molar-refractivity contribution in [2.45, 2.75) is 0 Å². The Hall–Kier alpha value is -2.79. The van der Waals surface area contributed by atoms with Crippen LogP contribution in [-0.4, -0.2) is 18.0 Å². The molecule has 0 bridgehead atoms. The van der Waals surface area contributed by atoms with Crippen LogP contribution in [0.5, 0.6) is 11.5 Å². The molecule has 2 aromatic carbocycles. The Morgan fingerprint density at radius 2 is 1.96 bits per heavy atom. The molecule has 0 aliphatic carbocycles. The first-order chi connectivity index (χ1) is 11.3. The van der Waals surface area contributed by atoms with Crippen LogP contribution in [-0.2, 0) is 0 Å². The summed E-state index contributed by atoms with van der Waals surface area (Å²) in [5.41, 5.74) is 5.45. The van der Waals surface area contributed by atoms with Gasteiger partial charge >= 0.3 is 0 Å². The number of nitrogens with zero attached hydrogens (tertiary/aromatic N) is 2. The molecule has 3 aromatic rings. The van der Waals surface area contributed by atoms with Crippen molar-refractivity contribution in [1.82, 2.24) is 4.98 Å². The highest BCUT2D eigenvalue weighted by atomic mass is 35.5. The normalized spacial score (nSPS) is 12.9. The fraction of sp³-hybridized carbons (Fsp3) is 0.0588. The van der Waals surface area contributed by atoms with Crippen molar-refractivity contribution in [2.75, 3.05) is 12.2 Å². The molecule has 0 spiro atoms. The van der Waals surface area contributed by atoms with Gasteiger partial charge in [-0.05, 0) is 18.2 Å². The highest BCUT2D eigenvalue weighted by molar-refractivity contribution is 6.33. The van der Waals surface area contributed by atoms with E-state index in [0.717, 1.165) is 22.2 Å². The maximum atomic E-state index is 6.22. The summed E-state index contributed by atoms with van der Waals surface area (Å²) in [4.78, 5) is 4.37. The molecule has 2 heterocycles. The molecule has 0 atom stereocenters. The van der Waals surface area contributed by atoms with Crippen molar-refractivity contribution < 1.29 is 9.47 Å².